The van der Waals surface area contributed by atoms with E-state index in [4.69, 9.17) is 6.42 Å². The fourth-order valence-corrected chi connectivity index (χ4v) is 2.33. The summed E-state index contributed by atoms with van der Waals surface area (Å²) in [7, 11) is 0. The lowest BCUT2D eigenvalue weighted by Gasteiger charge is -2.02. The molecule has 0 amide bonds. The summed E-state index contributed by atoms with van der Waals surface area (Å²) in [4.78, 5) is 0. The Morgan fingerprint density at radius 3 is 1.22 bits per heavy atom. The molecule has 2 radical (unpaired) electrons. The molecule has 0 aromatic carbocycles. The van der Waals surface area contributed by atoms with Crippen LogP contribution in [0.1, 0.15) is 96.3 Å². The second-order valence-corrected chi connectivity index (χ2v) is 5.38. The van der Waals surface area contributed by atoms with Gasteiger partial charge in [-0.25, -0.2) is 0 Å². The van der Waals surface area contributed by atoms with E-state index in [0.717, 1.165) is 19.3 Å². The van der Waals surface area contributed by atoms with Gasteiger partial charge in [0.05, 0.1) is 0 Å². The Morgan fingerprint density at radius 1 is 0.556 bits per heavy atom. The number of rotatable bonds is 14. The standard InChI is InChI=1S/C18H32/c1-3-5-7-9-11-13-15-17-18-16-14-12-10-8-6-4-2/h1,3,5-18H2. The fraction of sp³-hybridized carbons (Fsp3) is 0.833. The Balaban J connectivity index is 2.89. The molecule has 0 saturated heterocycles. The van der Waals surface area contributed by atoms with Gasteiger partial charge in [0.1, 0.15) is 0 Å². The molecule has 0 nitrogen and oxygen atoms in total. The minimum absolute atomic E-state index is 0.855. The van der Waals surface area contributed by atoms with Crippen LogP contribution >= 0.6 is 0 Å². The number of hydrogen-bond acceptors (Lipinski definition) is 0. The van der Waals surface area contributed by atoms with Gasteiger partial charge in [0.2, 0.25) is 0 Å². The molecular weight excluding hydrogens is 216 g/mol. The fourth-order valence-electron chi connectivity index (χ4n) is 2.33. The van der Waals surface area contributed by atoms with Crippen LogP contribution in [-0.4, -0.2) is 0 Å². The van der Waals surface area contributed by atoms with Gasteiger partial charge in [-0.2, -0.15) is 0 Å². The average molecular weight is 248 g/mol. The lowest BCUT2D eigenvalue weighted by Crippen LogP contribution is -1.83. The van der Waals surface area contributed by atoms with Gasteiger partial charge in [0.15, 0.2) is 0 Å². The highest BCUT2D eigenvalue weighted by Crippen LogP contribution is 2.13. The van der Waals surface area contributed by atoms with Crippen molar-refractivity contribution in [3.8, 4) is 5.92 Å². The molecule has 0 bridgehead atoms. The van der Waals surface area contributed by atoms with Crippen molar-refractivity contribution >= 4 is 0 Å². The molecule has 0 spiro atoms. The lowest BCUT2D eigenvalue weighted by molar-refractivity contribution is 0.538. The van der Waals surface area contributed by atoms with Crippen LogP contribution in [0.5, 0.6) is 0 Å². The van der Waals surface area contributed by atoms with Crippen LogP contribution in [0, 0.1) is 19.3 Å². The van der Waals surface area contributed by atoms with Crippen LogP contribution < -0.4 is 0 Å². The van der Waals surface area contributed by atoms with E-state index in [9.17, 15) is 0 Å². The predicted molar refractivity (Wildman–Crippen MR) is 81.7 cm³/mol. The second-order valence-electron chi connectivity index (χ2n) is 5.38. The van der Waals surface area contributed by atoms with Gasteiger partial charge in [-0.1, -0.05) is 96.3 Å². The van der Waals surface area contributed by atoms with Gasteiger partial charge in [-0.15, -0.1) is 0 Å². The first-order chi connectivity index (χ1) is 8.91. The third-order valence-electron chi connectivity index (χ3n) is 3.55. The highest BCUT2D eigenvalue weighted by Gasteiger charge is 1.93. The monoisotopic (exact) mass is 248 g/mol. The zero-order chi connectivity index (χ0) is 13.3. The summed E-state index contributed by atoms with van der Waals surface area (Å²) in [5, 5.41) is 0. The Kier molecular flexibility index (Phi) is 16.2. The second kappa shape index (κ2) is 16.6. The molecule has 0 heterocycles. The molecule has 0 aliphatic heterocycles. The minimum atomic E-state index is 0.855. The van der Waals surface area contributed by atoms with E-state index in [1.54, 1.807) is 0 Å². The van der Waals surface area contributed by atoms with E-state index in [1.165, 1.54) is 77.0 Å². The average Bonchev–Trinajstić information content (AvgIpc) is 2.39. The largest absolute Gasteiger partial charge is 0.0891 e. The molecule has 0 aromatic rings. The van der Waals surface area contributed by atoms with Gasteiger partial charge in [0, 0.05) is 6.42 Å². The SMILES string of the molecule is [C]#CCCCCCCCCCCCCCCC[CH2]. The van der Waals surface area contributed by atoms with E-state index >= 15 is 0 Å². The van der Waals surface area contributed by atoms with E-state index in [0.29, 0.717) is 0 Å². The van der Waals surface area contributed by atoms with Gasteiger partial charge >= 0.3 is 0 Å². The summed E-state index contributed by atoms with van der Waals surface area (Å²) in [5.41, 5.74) is 0. The quantitative estimate of drug-likeness (QED) is 0.251. The molecule has 0 heteroatoms. The van der Waals surface area contributed by atoms with Crippen molar-refractivity contribution in [2.24, 2.45) is 0 Å². The maximum Gasteiger partial charge on any atom is 0.00989 e. The lowest BCUT2D eigenvalue weighted by atomic mass is 10.0. The van der Waals surface area contributed by atoms with Crippen molar-refractivity contribution in [1.29, 1.82) is 0 Å². The molecule has 0 saturated carbocycles. The Morgan fingerprint density at radius 2 is 0.889 bits per heavy atom. The third kappa shape index (κ3) is 15.6. The molecule has 0 rings (SSSR count). The molecule has 0 atom stereocenters. The van der Waals surface area contributed by atoms with Crippen LogP contribution in [0.4, 0.5) is 0 Å². The van der Waals surface area contributed by atoms with Crippen LogP contribution in [0.2, 0.25) is 0 Å². The Bertz CT molecular complexity index is 175. The zero-order valence-corrected chi connectivity index (χ0v) is 12.3. The highest BCUT2D eigenvalue weighted by atomic mass is 14.0. The smallest absolute Gasteiger partial charge is 0.00989 e. The van der Waals surface area contributed by atoms with Crippen LogP contribution in [-0.2, 0) is 0 Å². The Labute approximate surface area is 116 Å². The molecule has 0 unspecified atom stereocenters. The minimum Gasteiger partial charge on any atom is -0.0891 e. The summed E-state index contributed by atoms with van der Waals surface area (Å²) in [6, 6.07) is 0. The van der Waals surface area contributed by atoms with Gasteiger partial charge < -0.3 is 0 Å². The van der Waals surface area contributed by atoms with Crippen molar-refractivity contribution in [2.75, 3.05) is 0 Å². The molecule has 104 valence electrons. The first-order valence-electron chi connectivity index (χ1n) is 8.10. The topological polar surface area (TPSA) is 0 Å². The van der Waals surface area contributed by atoms with E-state index in [1.807, 2.05) is 0 Å². The van der Waals surface area contributed by atoms with Gasteiger partial charge in [-0.05, 0) is 12.8 Å². The Hall–Kier alpha value is -0.440. The van der Waals surface area contributed by atoms with E-state index in [-0.39, 0.29) is 0 Å². The van der Waals surface area contributed by atoms with Crippen molar-refractivity contribution in [3.63, 3.8) is 0 Å². The maximum absolute atomic E-state index is 6.81. The van der Waals surface area contributed by atoms with E-state index in [2.05, 4.69) is 12.8 Å². The third-order valence-corrected chi connectivity index (χ3v) is 3.55. The highest BCUT2D eigenvalue weighted by molar-refractivity contribution is 4.74. The summed E-state index contributed by atoms with van der Waals surface area (Å²) < 4.78 is 0. The molecule has 0 fully saturated rings. The first-order valence-corrected chi connectivity index (χ1v) is 8.10. The van der Waals surface area contributed by atoms with Crippen LogP contribution in [0.25, 0.3) is 0 Å². The summed E-state index contributed by atoms with van der Waals surface area (Å²) in [6.07, 6.45) is 26.7. The molecule has 18 heavy (non-hydrogen) atoms. The summed E-state index contributed by atoms with van der Waals surface area (Å²) >= 11 is 0. The van der Waals surface area contributed by atoms with Crippen molar-refractivity contribution < 1.29 is 0 Å². The molecular formula is C18H32. The number of hydrogen-bond donors (Lipinski definition) is 0. The predicted octanol–water partition coefficient (Wildman–Crippen LogP) is 6.26. The van der Waals surface area contributed by atoms with Crippen LogP contribution in [0.3, 0.4) is 0 Å². The zero-order valence-electron chi connectivity index (χ0n) is 12.3. The molecule has 0 aromatic heterocycles. The van der Waals surface area contributed by atoms with Gasteiger partial charge in [0.25, 0.3) is 0 Å². The van der Waals surface area contributed by atoms with E-state index < -0.39 is 0 Å². The summed E-state index contributed by atoms with van der Waals surface area (Å²) in [5.74, 6) is 2.46. The number of unbranched alkanes of at least 4 members (excludes halogenated alkanes) is 14. The molecule has 0 N–H and O–H groups in total. The normalized spacial score (nSPS) is 10.4. The van der Waals surface area contributed by atoms with Gasteiger partial charge in [-0.3, -0.25) is 0 Å². The van der Waals surface area contributed by atoms with Crippen molar-refractivity contribution in [3.05, 3.63) is 13.3 Å². The maximum atomic E-state index is 6.81. The molecule has 0 aliphatic rings. The van der Waals surface area contributed by atoms with Crippen molar-refractivity contribution in [1.82, 2.24) is 0 Å². The van der Waals surface area contributed by atoms with Crippen molar-refractivity contribution in [2.45, 2.75) is 96.3 Å². The summed E-state index contributed by atoms with van der Waals surface area (Å²) in [6.45, 7) is 3.87. The first kappa shape index (κ1) is 17.6. The molecule has 0 aliphatic carbocycles. The van der Waals surface area contributed by atoms with Crippen LogP contribution in [0.15, 0.2) is 0 Å².